The molecule has 0 aliphatic carbocycles. The Morgan fingerprint density at radius 1 is 0.923 bits per heavy atom. The molecule has 0 atom stereocenters. The smallest absolute Gasteiger partial charge is 0.227 e. The van der Waals surface area contributed by atoms with Crippen LogP contribution in [0.1, 0.15) is 34.5 Å². The van der Waals surface area contributed by atoms with E-state index < -0.39 is 41.5 Å². The summed E-state index contributed by atoms with van der Waals surface area (Å²) in [5, 5.41) is 42.3. The Hall–Kier alpha value is -2.88. The summed E-state index contributed by atoms with van der Waals surface area (Å²) in [6.45, 7) is -1.18. The van der Waals surface area contributed by atoms with E-state index >= 15 is 0 Å². The van der Waals surface area contributed by atoms with Gasteiger partial charge in [-0.15, -0.1) is 0 Å². The summed E-state index contributed by atoms with van der Waals surface area (Å²) in [6, 6.07) is 3.50. The van der Waals surface area contributed by atoms with Gasteiger partial charge in [0.1, 0.15) is 30.7 Å². The zero-order chi connectivity index (χ0) is 18.8. The van der Waals surface area contributed by atoms with Gasteiger partial charge in [0.05, 0.1) is 0 Å². The third kappa shape index (κ3) is 3.15. The molecule has 136 valence electrons. The van der Waals surface area contributed by atoms with Gasteiger partial charge in [0, 0.05) is 12.1 Å². The summed E-state index contributed by atoms with van der Waals surface area (Å²) in [4.78, 5) is 24.0. The van der Waals surface area contributed by atoms with Crippen LogP contribution in [0.3, 0.4) is 0 Å². The van der Waals surface area contributed by atoms with Crippen LogP contribution in [0, 0.1) is 0 Å². The number of aliphatic hydroxyl groups excluding tert-OH is 2. The lowest BCUT2D eigenvalue weighted by Crippen LogP contribution is -2.13. The highest BCUT2D eigenvalue weighted by Gasteiger charge is 2.31. The van der Waals surface area contributed by atoms with E-state index in [0.717, 1.165) is 12.1 Å². The van der Waals surface area contributed by atoms with E-state index in [9.17, 15) is 30.0 Å². The van der Waals surface area contributed by atoms with Crippen molar-refractivity contribution in [1.82, 2.24) is 0 Å². The zero-order valence-electron chi connectivity index (χ0n) is 13.2. The Morgan fingerprint density at radius 2 is 1.42 bits per heavy atom. The van der Waals surface area contributed by atoms with Crippen molar-refractivity contribution >= 4 is 11.3 Å². The molecule has 3 rings (SSSR count). The van der Waals surface area contributed by atoms with E-state index in [1.165, 1.54) is 11.3 Å². The normalized spacial score (nSPS) is 11.2. The molecule has 0 aromatic carbocycles. The van der Waals surface area contributed by atoms with Gasteiger partial charge in [0.2, 0.25) is 22.4 Å². The van der Waals surface area contributed by atoms with Crippen LogP contribution in [0.4, 0.5) is 0 Å². The van der Waals surface area contributed by atoms with Crippen molar-refractivity contribution < 1.29 is 29.3 Å². The van der Waals surface area contributed by atoms with E-state index in [2.05, 4.69) is 0 Å². The minimum absolute atomic E-state index is 0.108. The van der Waals surface area contributed by atoms with Gasteiger partial charge in [0.15, 0.2) is 11.5 Å². The lowest BCUT2D eigenvalue weighted by Gasteiger charge is -2.17. The fourth-order valence-electron chi connectivity index (χ4n) is 2.52. The summed E-state index contributed by atoms with van der Waals surface area (Å²) < 4.78 is 10.8. The molecule has 0 bridgehead atoms. The largest absolute Gasteiger partial charge is 0.502 e. The molecule has 9 heteroatoms. The minimum atomic E-state index is -1.14. The molecule has 0 saturated heterocycles. The Balaban J connectivity index is 2.35. The molecule has 3 heterocycles. The summed E-state index contributed by atoms with van der Waals surface area (Å²) in [5.74, 6) is -3.43. The van der Waals surface area contributed by atoms with Crippen molar-refractivity contribution in [3.8, 4) is 11.5 Å². The van der Waals surface area contributed by atoms with Crippen molar-refractivity contribution in [2.45, 2.75) is 19.1 Å². The second-order valence-corrected chi connectivity index (χ2v) is 6.17. The average molecular weight is 378 g/mol. The molecule has 0 unspecified atom stereocenters. The van der Waals surface area contributed by atoms with Crippen LogP contribution in [-0.4, -0.2) is 20.4 Å². The predicted octanol–water partition coefficient (Wildman–Crippen LogP) is 1.23. The number of aromatic hydroxyl groups is 2. The van der Waals surface area contributed by atoms with Crippen LogP contribution in [0.5, 0.6) is 11.5 Å². The van der Waals surface area contributed by atoms with Crippen LogP contribution >= 0.6 is 11.3 Å². The van der Waals surface area contributed by atoms with E-state index in [-0.39, 0.29) is 23.0 Å². The van der Waals surface area contributed by atoms with Crippen LogP contribution < -0.4 is 10.9 Å². The topological polar surface area (TPSA) is 141 Å². The molecule has 0 aliphatic rings. The number of thiophene rings is 1. The number of hydrogen-bond donors (Lipinski definition) is 4. The minimum Gasteiger partial charge on any atom is -0.502 e. The quantitative estimate of drug-likeness (QED) is 0.519. The first kappa shape index (κ1) is 17.9. The van der Waals surface area contributed by atoms with Gasteiger partial charge >= 0.3 is 0 Å². The molecule has 26 heavy (non-hydrogen) atoms. The fraction of sp³-hybridized carbons (Fsp3) is 0.176. The highest BCUT2D eigenvalue weighted by atomic mass is 32.1. The van der Waals surface area contributed by atoms with Crippen LogP contribution in [0.25, 0.3) is 0 Å². The molecule has 0 aliphatic heterocycles. The molecule has 0 saturated carbocycles. The second kappa shape index (κ2) is 7.16. The van der Waals surface area contributed by atoms with Crippen molar-refractivity contribution in [3.05, 3.63) is 78.0 Å². The highest BCUT2D eigenvalue weighted by molar-refractivity contribution is 7.08. The van der Waals surface area contributed by atoms with Crippen LogP contribution in [-0.2, 0) is 13.2 Å². The number of rotatable bonds is 5. The van der Waals surface area contributed by atoms with Gasteiger partial charge in [-0.1, -0.05) is 0 Å². The Morgan fingerprint density at radius 3 is 1.81 bits per heavy atom. The highest BCUT2D eigenvalue weighted by Crippen LogP contribution is 2.39. The van der Waals surface area contributed by atoms with Crippen molar-refractivity contribution in [3.63, 3.8) is 0 Å². The maximum absolute atomic E-state index is 12.0. The summed E-state index contributed by atoms with van der Waals surface area (Å²) >= 11 is 1.30. The molecule has 8 nitrogen and oxygen atoms in total. The van der Waals surface area contributed by atoms with E-state index in [0.29, 0.717) is 5.56 Å². The Kier molecular flexibility index (Phi) is 4.94. The third-order valence-corrected chi connectivity index (χ3v) is 4.41. The molecule has 3 aromatic rings. The molecule has 4 N–H and O–H groups in total. The van der Waals surface area contributed by atoms with Crippen molar-refractivity contribution in [2.24, 2.45) is 0 Å². The molecular formula is C17H14O8S. The maximum atomic E-state index is 12.0. The lowest BCUT2D eigenvalue weighted by atomic mass is 9.94. The molecular weight excluding hydrogens is 364 g/mol. The van der Waals surface area contributed by atoms with Crippen molar-refractivity contribution in [2.75, 3.05) is 0 Å². The standard InChI is InChI=1S/C17H14O8S/c18-5-9-3-11(20)14(22)16(24-9)13(8-1-2-26-7-8)17-15(23)12(21)4-10(6-19)25-17/h1-4,7,13,18-19,22-23H,5-6H2. The van der Waals surface area contributed by atoms with Gasteiger partial charge in [-0.2, -0.15) is 11.3 Å². The number of aliphatic hydroxyl groups is 2. The van der Waals surface area contributed by atoms with E-state index in [4.69, 9.17) is 8.83 Å². The van der Waals surface area contributed by atoms with Crippen molar-refractivity contribution in [1.29, 1.82) is 0 Å². The first-order valence-corrected chi connectivity index (χ1v) is 8.36. The first-order valence-electron chi connectivity index (χ1n) is 7.41. The monoisotopic (exact) mass is 378 g/mol. The SMILES string of the molecule is O=c1cc(CO)oc(C(c2ccsc2)c2oc(CO)cc(=O)c2O)c1O. The van der Waals surface area contributed by atoms with Gasteiger partial charge in [-0.05, 0) is 22.4 Å². The zero-order valence-corrected chi connectivity index (χ0v) is 14.0. The molecule has 3 aromatic heterocycles. The van der Waals surface area contributed by atoms with Gasteiger partial charge in [-0.25, -0.2) is 0 Å². The molecule has 0 spiro atoms. The number of hydrogen-bond acceptors (Lipinski definition) is 9. The lowest BCUT2D eigenvalue weighted by molar-refractivity contribution is 0.225. The Labute approximate surface area is 149 Å². The van der Waals surface area contributed by atoms with Gasteiger partial charge in [0.25, 0.3) is 0 Å². The van der Waals surface area contributed by atoms with Crippen LogP contribution in [0.15, 0.2) is 47.4 Å². The fourth-order valence-corrected chi connectivity index (χ4v) is 3.20. The first-order chi connectivity index (χ1) is 12.5. The second-order valence-electron chi connectivity index (χ2n) is 5.39. The van der Waals surface area contributed by atoms with Gasteiger partial charge < -0.3 is 29.3 Å². The average Bonchev–Trinajstić information content (AvgIpc) is 3.16. The van der Waals surface area contributed by atoms with Gasteiger partial charge in [-0.3, -0.25) is 9.59 Å². The van der Waals surface area contributed by atoms with E-state index in [1.807, 2.05) is 0 Å². The molecule has 0 radical (unpaired) electrons. The van der Waals surface area contributed by atoms with E-state index in [1.54, 1.807) is 16.8 Å². The molecule has 0 amide bonds. The Bertz CT molecular complexity index is 964. The molecule has 0 fully saturated rings. The summed E-state index contributed by atoms with van der Waals surface area (Å²) in [5.41, 5.74) is -1.12. The third-order valence-electron chi connectivity index (χ3n) is 3.71. The van der Waals surface area contributed by atoms with Crippen LogP contribution in [0.2, 0.25) is 0 Å². The maximum Gasteiger partial charge on any atom is 0.227 e. The predicted molar refractivity (Wildman–Crippen MR) is 90.4 cm³/mol. The summed E-state index contributed by atoms with van der Waals surface area (Å²) in [7, 11) is 0. The summed E-state index contributed by atoms with van der Waals surface area (Å²) in [6.07, 6.45) is 0.